The van der Waals surface area contributed by atoms with E-state index in [1.165, 1.54) is 37.7 Å². The lowest BCUT2D eigenvalue weighted by molar-refractivity contribution is 0.461. The number of pyridine rings is 1. The molecule has 2 heterocycles. The largest absolute Gasteiger partial charge is 0.367 e. The second-order valence-corrected chi connectivity index (χ2v) is 6.77. The van der Waals surface area contributed by atoms with E-state index in [0.717, 1.165) is 22.8 Å². The molecule has 0 spiro atoms. The van der Waals surface area contributed by atoms with Crippen LogP contribution in [0.2, 0.25) is 0 Å². The molecule has 0 radical (unpaired) electrons. The zero-order chi connectivity index (χ0) is 16.9. The summed E-state index contributed by atoms with van der Waals surface area (Å²) in [5, 5.41) is 6.93. The zero-order valence-electron chi connectivity index (χ0n) is 14.9. The van der Waals surface area contributed by atoms with Gasteiger partial charge in [-0.25, -0.2) is 4.98 Å². The van der Waals surface area contributed by atoms with Gasteiger partial charge < -0.3 is 10.6 Å². The van der Waals surface area contributed by atoms with Gasteiger partial charge in [0, 0.05) is 23.5 Å². The number of aryl methyl sites for hydroxylation is 2. The Balaban J connectivity index is 1.69. The van der Waals surface area contributed by atoms with Gasteiger partial charge in [-0.15, -0.1) is 0 Å². The van der Waals surface area contributed by atoms with E-state index < -0.39 is 0 Å². The van der Waals surface area contributed by atoms with Gasteiger partial charge in [0.15, 0.2) is 0 Å². The molecule has 0 saturated heterocycles. The van der Waals surface area contributed by atoms with E-state index >= 15 is 0 Å². The molecule has 0 amide bonds. The second kappa shape index (κ2) is 7.60. The van der Waals surface area contributed by atoms with Crippen molar-refractivity contribution in [2.45, 2.75) is 65.5 Å². The topological polar surface area (TPSA) is 62.7 Å². The van der Waals surface area contributed by atoms with E-state index in [2.05, 4.69) is 33.6 Å². The fourth-order valence-electron chi connectivity index (χ4n) is 3.06. The molecule has 0 aromatic carbocycles. The molecule has 2 aromatic heterocycles. The average molecular weight is 325 g/mol. The molecule has 1 aliphatic carbocycles. The van der Waals surface area contributed by atoms with Crippen LogP contribution in [0.4, 0.5) is 11.8 Å². The van der Waals surface area contributed by atoms with Crippen molar-refractivity contribution in [2.24, 2.45) is 0 Å². The molecule has 128 valence electrons. The molecule has 5 nitrogen and oxygen atoms in total. The van der Waals surface area contributed by atoms with Crippen molar-refractivity contribution >= 4 is 11.8 Å². The summed E-state index contributed by atoms with van der Waals surface area (Å²) in [4.78, 5) is 13.7. The van der Waals surface area contributed by atoms with Gasteiger partial charge in [0.05, 0.1) is 12.2 Å². The van der Waals surface area contributed by atoms with E-state index in [0.29, 0.717) is 18.5 Å². The molecule has 0 bridgehead atoms. The van der Waals surface area contributed by atoms with Gasteiger partial charge in [-0.2, -0.15) is 4.98 Å². The Morgan fingerprint density at radius 3 is 2.54 bits per heavy atom. The van der Waals surface area contributed by atoms with Crippen molar-refractivity contribution in [3.05, 3.63) is 40.8 Å². The quantitative estimate of drug-likeness (QED) is 0.864. The third-order valence-electron chi connectivity index (χ3n) is 4.74. The third kappa shape index (κ3) is 4.22. The first-order chi connectivity index (χ1) is 11.6. The molecule has 3 rings (SSSR count). The molecule has 0 aliphatic heterocycles. The van der Waals surface area contributed by atoms with Crippen molar-refractivity contribution in [2.75, 3.05) is 10.6 Å². The monoisotopic (exact) mass is 325 g/mol. The second-order valence-electron chi connectivity index (χ2n) is 6.77. The SMILES string of the molecule is Cc1ccc(CNc2nc(C)c(C)c(NC3CCCCC3)n2)nc1. The molecule has 24 heavy (non-hydrogen) atoms. The average Bonchev–Trinajstić information content (AvgIpc) is 2.59. The molecule has 1 saturated carbocycles. The van der Waals surface area contributed by atoms with Crippen LogP contribution >= 0.6 is 0 Å². The van der Waals surface area contributed by atoms with Crippen molar-refractivity contribution < 1.29 is 0 Å². The van der Waals surface area contributed by atoms with Crippen molar-refractivity contribution in [3.63, 3.8) is 0 Å². The van der Waals surface area contributed by atoms with Crippen LogP contribution in [0.25, 0.3) is 0 Å². The summed E-state index contributed by atoms with van der Waals surface area (Å²) in [5.74, 6) is 1.63. The van der Waals surface area contributed by atoms with Gasteiger partial charge >= 0.3 is 0 Å². The number of anilines is 2. The molecule has 1 aliphatic rings. The van der Waals surface area contributed by atoms with Crippen molar-refractivity contribution in [1.29, 1.82) is 0 Å². The highest BCUT2D eigenvalue weighted by Crippen LogP contribution is 2.24. The summed E-state index contributed by atoms with van der Waals surface area (Å²) in [6.07, 6.45) is 8.33. The fourth-order valence-corrected chi connectivity index (χ4v) is 3.06. The van der Waals surface area contributed by atoms with Crippen LogP contribution in [-0.2, 0) is 6.54 Å². The van der Waals surface area contributed by atoms with Gasteiger partial charge in [-0.1, -0.05) is 25.3 Å². The van der Waals surface area contributed by atoms with Gasteiger partial charge in [0.2, 0.25) is 5.95 Å². The van der Waals surface area contributed by atoms with Crippen LogP contribution < -0.4 is 10.6 Å². The van der Waals surface area contributed by atoms with Crippen LogP contribution in [0.15, 0.2) is 18.3 Å². The van der Waals surface area contributed by atoms with E-state index in [-0.39, 0.29) is 0 Å². The minimum Gasteiger partial charge on any atom is -0.367 e. The number of hydrogen-bond donors (Lipinski definition) is 2. The van der Waals surface area contributed by atoms with Crippen molar-refractivity contribution in [1.82, 2.24) is 15.0 Å². The Bertz CT molecular complexity index is 675. The summed E-state index contributed by atoms with van der Waals surface area (Å²) in [6.45, 7) is 6.80. The lowest BCUT2D eigenvalue weighted by Gasteiger charge is -2.24. The number of nitrogens with one attached hydrogen (secondary N) is 2. The summed E-state index contributed by atoms with van der Waals surface area (Å²) in [6, 6.07) is 4.64. The summed E-state index contributed by atoms with van der Waals surface area (Å²) in [5.41, 5.74) is 4.31. The molecule has 0 unspecified atom stereocenters. The lowest BCUT2D eigenvalue weighted by Crippen LogP contribution is -2.24. The maximum absolute atomic E-state index is 4.70. The van der Waals surface area contributed by atoms with E-state index in [4.69, 9.17) is 4.98 Å². The van der Waals surface area contributed by atoms with E-state index in [1.807, 2.05) is 26.1 Å². The highest BCUT2D eigenvalue weighted by molar-refractivity contribution is 5.50. The normalized spacial score (nSPS) is 15.3. The molecule has 1 fully saturated rings. The van der Waals surface area contributed by atoms with Crippen LogP contribution in [-0.4, -0.2) is 21.0 Å². The standard InChI is InChI=1S/C19H27N5/c1-13-9-10-17(20-11-13)12-21-19-22-15(3)14(2)18(24-19)23-16-7-5-4-6-8-16/h9-11,16H,4-8,12H2,1-3H3,(H2,21,22,23,24). The Morgan fingerprint density at radius 1 is 1.04 bits per heavy atom. The minimum absolute atomic E-state index is 0.540. The highest BCUT2D eigenvalue weighted by atomic mass is 15.2. The molecule has 5 heteroatoms. The minimum atomic E-state index is 0.540. The number of hydrogen-bond acceptors (Lipinski definition) is 5. The predicted octanol–water partition coefficient (Wildman–Crippen LogP) is 4.15. The summed E-state index contributed by atoms with van der Waals surface area (Å²) < 4.78 is 0. The van der Waals surface area contributed by atoms with Gasteiger partial charge in [0.1, 0.15) is 5.82 Å². The summed E-state index contributed by atoms with van der Waals surface area (Å²) >= 11 is 0. The van der Waals surface area contributed by atoms with Gasteiger partial charge in [-0.05, 0) is 45.2 Å². The first kappa shape index (κ1) is 16.7. The lowest BCUT2D eigenvalue weighted by atomic mass is 9.95. The maximum Gasteiger partial charge on any atom is 0.225 e. The maximum atomic E-state index is 4.70. The van der Waals surface area contributed by atoms with E-state index in [9.17, 15) is 0 Å². The van der Waals surface area contributed by atoms with Crippen LogP contribution in [0.3, 0.4) is 0 Å². The number of rotatable bonds is 5. The van der Waals surface area contributed by atoms with Crippen LogP contribution in [0.5, 0.6) is 0 Å². The Labute approximate surface area is 144 Å². The first-order valence-electron chi connectivity index (χ1n) is 8.89. The highest BCUT2D eigenvalue weighted by Gasteiger charge is 2.16. The summed E-state index contributed by atoms with van der Waals surface area (Å²) in [7, 11) is 0. The van der Waals surface area contributed by atoms with Gasteiger partial charge in [-0.3, -0.25) is 4.98 Å². The number of aromatic nitrogens is 3. The Kier molecular flexibility index (Phi) is 5.28. The molecular formula is C19H27N5. The van der Waals surface area contributed by atoms with Crippen LogP contribution in [0, 0.1) is 20.8 Å². The molecular weight excluding hydrogens is 298 g/mol. The van der Waals surface area contributed by atoms with E-state index in [1.54, 1.807) is 0 Å². The smallest absolute Gasteiger partial charge is 0.225 e. The molecule has 2 aromatic rings. The zero-order valence-corrected chi connectivity index (χ0v) is 14.9. The number of nitrogens with zero attached hydrogens (tertiary/aromatic N) is 3. The fraction of sp³-hybridized carbons (Fsp3) is 0.526. The molecule has 0 atom stereocenters. The van der Waals surface area contributed by atoms with Gasteiger partial charge in [0.25, 0.3) is 0 Å². The third-order valence-corrected chi connectivity index (χ3v) is 4.74. The van der Waals surface area contributed by atoms with Crippen LogP contribution in [0.1, 0.15) is 54.6 Å². The Hall–Kier alpha value is -2.17. The molecule has 2 N–H and O–H groups in total. The predicted molar refractivity (Wildman–Crippen MR) is 98.3 cm³/mol. The van der Waals surface area contributed by atoms with Crippen molar-refractivity contribution in [3.8, 4) is 0 Å². The Morgan fingerprint density at radius 2 is 1.83 bits per heavy atom. The first-order valence-corrected chi connectivity index (χ1v) is 8.89.